The van der Waals surface area contributed by atoms with Crippen LogP contribution in [0.2, 0.25) is 0 Å². The molecule has 1 aromatic carbocycles. The van der Waals surface area contributed by atoms with Gasteiger partial charge in [-0.1, -0.05) is 24.3 Å². The fourth-order valence-electron chi connectivity index (χ4n) is 4.59. The predicted octanol–water partition coefficient (Wildman–Crippen LogP) is 4.28. The number of ether oxygens (including phenoxy) is 1. The maximum absolute atomic E-state index is 13.3. The highest BCUT2D eigenvalue weighted by Gasteiger charge is 2.27. The summed E-state index contributed by atoms with van der Waals surface area (Å²) in [5.41, 5.74) is 4.81. The van der Waals surface area contributed by atoms with E-state index in [-0.39, 0.29) is 11.6 Å². The van der Waals surface area contributed by atoms with E-state index in [2.05, 4.69) is 45.4 Å². The Morgan fingerprint density at radius 3 is 2.71 bits per heavy atom. The molecule has 6 rings (SSSR count). The monoisotopic (exact) mass is 484 g/mol. The Hall–Kier alpha value is -3.56. The van der Waals surface area contributed by atoms with E-state index in [0.717, 1.165) is 46.6 Å². The van der Waals surface area contributed by atoms with Crippen LogP contribution in [-0.2, 0) is 11.3 Å². The van der Waals surface area contributed by atoms with E-state index < -0.39 is 0 Å². The van der Waals surface area contributed by atoms with Crippen molar-refractivity contribution in [2.45, 2.75) is 30.5 Å². The number of rotatable bonds is 5. The molecule has 0 amide bonds. The predicted molar refractivity (Wildman–Crippen MR) is 136 cm³/mol. The minimum atomic E-state index is -0.173. The van der Waals surface area contributed by atoms with Gasteiger partial charge in [0.2, 0.25) is 0 Å². The molecule has 3 aliphatic rings. The highest BCUT2D eigenvalue weighted by atomic mass is 32.2. The lowest BCUT2D eigenvalue weighted by Crippen LogP contribution is -2.29. The van der Waals surface area contributed by atoms with Crippen LogP contribution in [0.3, 0.4) is 0 Å². The summed E-state index contributed by atoms with van der Waals surface area (Å²) in [5, 5.41) is 11.2. The van der Waals surface area contributed by atoms with E-state index in [1.807, 2.05) is 30.7 Å². The molecule has 1 unspecified atom stereocenters. The van der Waals surface area contributed by atoms with Gasteiger partial charge in [-0.3, -0.25) is 4.79 Å². The van der Waals surface area contributed by atoms with Gasteiger partial charge in [0.05, 0.1) is 24.2 Å². The molecule has 0 radical (unpaired) electrons. The number of fused-ring (bicyclic) bond motifs is 3. The first-order valence-corrected chi connectivity index (χ1v) is 12.8. The highest BCUT2D eigenvalue weighted by Crippen LogP contribution is 2.28. The van der Waals surface area contributed by atoms with Crippen molar-refractivity contribution in [1.82, 2.24) is 29.5 Å². The van der Waals surface area contributed by atoms with Gasteiger partial charge in [-0.05, 0) is 60.1 Å². The summed E-state index contributed by atoms with van der Waals surface area (Å²) in [6.45, 7) is 1.73. The molecular weight excluding hydrogens is 460 g/mol. The summed E-state index contributed by atoms with van der Waals surface area (Å²) in [5.74, 6) is 0. The molecule has 1 fully saturated rings. The van der Waals surface area contributed by atoms with Crippen molar-refractivity contribution in [2.24, 2.45) is 0 Å². The molecule has 0 bridgehead atoms. The van der Waals surface area contributed by atoms with Crippen molar-refractivity contribution in [2.75, 3.05) is 19.5 Å². The first kappa shape index (κ1) is 21.9. The van der Waals surface area contributed by atoms with Gasteiger partial charge in [-0.25, -0.2) is 19.3 Å². The molecule has 8 nitrogen and oxygen atoms in total. The van der Waals surface area contributed by atoms with Gasteiger partial charge in [0.15, 0.2) is 11.3 Å². The van der Waals surface area contributed by atoms with E-state index in [9.17, 15) is 4.79 Å². The average Bonchev–Trinajstić information content (AvgIpc) is 3.26. The summed E-state index contributed by atoms with van der Waals surface area (Å²) in [6, 6.07) is 16.2. The zero-order valence-corrected chi connectivity index (χ0v) is 20.1. The molecule has 1 atom stereocenters. The van der Waals surface area contributed by atoms with Crippen LogP contribution in [-0.4, -0.2) is 49.0 Å². The number of nitrogens with zero attached hydrogens (tertiary/aromatic N) is 6. The number of pyridine rings is 2. The summed E-state index contributed by atoms with van der Waals surface area (Å²) < 4.78 is 8.95. The topological polar surface area (TPSA) is 87.7 Å². The molecular formula is C26H24N6O2S. The van der Waals surface area contributed by atoms with Gasteiger partial charge >= 0.3 is 0 Å². The average molecular weight is 485 g/mol. The van der Waals surface area contributed by atoms with Crippen molar-refractivity contribution < 1.29 is 4.74 Å². The first-order valence-electron chi connectivity index (χ1n) is 11.6. The normalized spacial score (nSPS) is 16.2. The van der Waals surface area contributed by atoms with Gasteiger partial charge in [0.25, 0.3) is 5.56 Å². The Labute approximate surface area is 206 Å². The largest absolute Gasteiger partial charge is 0.379 e. The van der Waals surface area contributed by atoms with Gasteiger partial charge in [-0.15, -0.1) is 11.8 Å². The third-order valence-corrected chi connectivity index (χ3v) is 7.04. The summed E-state index contributed by atoms with van der Waals surface area (Å²) >= 11 is 1.63. The van der Waals surface area contributed by atoms with Crippen molar-refractivity contribution >= 4 is 22.8 Å². The second kappa shape index (κ2) is 9.24. The zero-order chi connectivity index (χ0) is 23.8. The summed E-state index contributed by atoms with van der Waals surface area (Å²) in [7, 11) is 0. The fraction of sp³-hybridized carbons (Fsp3) is 0.269. The lowest BCUT2D eigenvalue weighted by atomic mass is 10.1. The van der Waals surface area contributed by atoms with Crippen molar-refractivity contribution in [3.05, 3.63) is 76.8 Å². The molecule has 0 N–H and O–H groups in total. The molecule has 35 heavy (non-hydrogen) atoms. The Balaban J connectivity index is 1.38. The van der Waals surface area contributed by atoms with E-state index in [1.54, 1.807) is 27.3 Å². The minimum absolute atomic E-state index is 0.0574. The summed E-state index contributed by atoms with van der Waals surface area (Å²) in [6.07, 6.45) is 7.40. The molecule has 0 spiro atoms. The Bertz CT molecular complexity index is 1520. The van der Waals surface area contributed by atoms with Crippen LogP contribution in [0, 0.1) is 0 Å². The van der Waals surface area contributed by atoms with E-state index in [1.165, 1.54) is 0 Å². The lowest BCUT2D eigenvalue weighted by molar-refractivity contribution is 0.0540. The highest BCUT2D eigenvalue weighted by molar-refractivity contribution is 7.98. The Kier molecular flexibility index (Phi) is 5.79. The molecule has 3 aromatic rings. The molecule has 0 aliphatic carbocycles. The molecule has 9 heteroatoms. The molecule has 5 heterocycles. The van der Waals surface area contributed by atoms with E-state index in [4.69, 9.17) is 9.84 Å². The number of thioether (sulfide) groups is 1. The van der Waals surface area contributed by atoms with E-state index >= 15 is 0 Å². The number of hydrogen-bond donors (Lipinski definition) is 0. The van der Waals surface area contributed by atoms with Crippen LogP contribution < -0.4 is 5.56 Å². The van der Waals surface area contributed by atoms with Crippen LogP contribution in [0.25, 0.3) is 33.5 Å². The molecule has 176 valence electrons. The van der Waals surface area contributed by atoms with Crippen LogP contribution in [0.1, 0.15) is 24.4 Å². The SMILES string of the molecule is CSc1cc(-c2ccc(Cn3nc4c(=O)n(C5CCCOC5)nc-4c4cccnc43)cc2)ccn1. The minimum Gasteiger partial charge on any atom is -0.379 e. The standard InChI is InChI=1S/C26H24N6O2S/c1-35-22-14-19(10-12-27-22)18-8-6-17(7-9-18)15-31-25-21(5-2-11-28-25)23-24(29-31)26(33)32(30-23)20-4-3-13-34-16-20/h2,5-12,14,20H,3-4,13,15-16H2,1H3. The van der Waals surface area contributed by atoms with Crippen LogP contribution >= 0.6 is 11.8 Å². The second-order valence-electron chi connectivity index (χ2n) is 8.63. The Morgan fingerprint density at radius 1 is 1.03 bits per heavy atom. The lowest BCUT2D eigenvalue weighted by Gasteiger charge is -2.21. The molecule has 3 aliphatic heterocycles. The number of hydrogen-bond acceptors (Lipinski definition) is 7. The molecule has 1 saturated heterocycles. The van der Waals surface area contributed by atoms with Gasteiger partial charge < -0.3 is 4.74 Å². The third kappa shape index (κ3) is 4.11. The fourth-order valence-corrected chi connectivity index (χ4v) is 5.00. The van der Waals surface area contributed by atoms with Crippen LogP contribution in [0.4, 0.5) is 0 Å². The molecule has 2 aromatic heterocycles. The number of benzene rings is 1. The Morgan fingerprint density at radius 2 is 1.91 bits per heavy atom. The maximum atomic E-state index is 13.3. The molecule has 0 saturated carbocycles. The second-order valence-corrected chi connectivity index (χ2v) is 9.46. The quantitative estimate of drug-likeness (QED) is 0.344. The zero-order valence-electron chi connectivity index (χ0n) is 19.3. The van der Waals surface area contributed by atoms with Crippen LogP contribution in [0.5, 0.6) is 0 Å². The van der Waals surface area contributed by atoms with Crippen molar-refractivity contribution in [3.8, 4) is 22.5 Å². The van der Waals surface area contributed by atoms with Gasteiger partial charge in [0.1, 0.15) is 5.69 Å². The van der Waals surface area contributed by atoms with Crippen molar-refractivity contribution in [1.29, 1.82) is 0 Å². The van der Waals surface area contributed by atoms with Gasteiger partial charge in [0, 0.05) is 24.4 Å². The van der Waals surface area contributed by atoms with Crippen LogP contribution in [0.15, 0.2) is 70.7 Å². The number of aromatic nitrogens is 6. The summed E-state index contributed by atoms with van der Waals surface area (Å²) in [4.78, 5) is 22.2. The first-order chi connectivity index (χ1) is 17.2. The smallest absolute Gasteiger partial charge is 0.297 e. The third-order valence-electron chi connectivity index (χ3n) is 6.40. The van der Waals surface area contributed by atoms with Crippen molar-refractivity contribution in [3.63, 3.8) is 0 Å². The van der Waals surface area contributed by atoms with E-state index in [0.29, 0.717) is 30.2 Å². The van der Waals surface area contributed by atoms with Gasteiger partial charge in [-0.2, -0.15) is 10.2 Å². The maximum Gasteiger partial charge on any atom is 0.297 e.